The number of Topliss-reactive ketones (excluding diaryl/α,β-unsaturated/α-hetero) is 1. The number of carboxylic acids is 1. The number of nitrogens with one attached hydrogen (secondary N) is 1. The van der Waals surface area contributed by atoms with E-state index in [4.69, 9.17) is 5.73 Å². The van der Waals surface area contributed by atoms with E-state index in [2.05, 4.69) is 5.32 Å². The van der Waals surface area contributed by atoms with E-state index < -0.39 is 23.8 Å². The quantitative estimate of drug-likeness (QED) is 0.713. The summed E-state index contributed by atoms with van der Waals surface area (Å²) in [6, 6.07) is 14.0. The van der Waals surface area contributed by atoms with Crippen molar-refractivity contribution < 1.29 is 19.5 Å². The second-order valence-electron chi connectivity index (χ2n) is 7.26. The van der Waals surface area contributed by atoms with Crippen LogP contribution >= 0.6 is 0 Å². The molecule has 146 valence electrons. The van der Waals surface area contributed by atoms with E-state index in [1.165, 1.54) is 6.92 Å². The molecule has 0 fully saturated rings. The lowest BCUT2D eigenvalue weighted by Gasteiger charge is -2.33. The van der Waals surface area contributed by atoms with Crippen LogP contribution in [0.1, 0.15) is 47.3 Å². The van der Waals surface area contributed by atoms with Gasteiger partial charge in [0, 0.05) is 30.1 Å². The Morgan fingerprint density at radius 3 is 2.57 bits per heavy atom. The molecule has 0 saturated heterocycles. The molecule has 0 spiro atoms. The van der Waals surface area contributed by atoms with E-state index >= 15 is 0 Å². The van der Waals surface area contributed by atoms with Gasteiger partial charge in [-0.15, -0.1) is 0 Å². The summed E-state index contributed by atoms with van der Waals surface area (Å²) >= 11 is 0. The SMILES string of the molecule is CC(=O)Nc1ccc2c(c1)CCC([C@@H](CC(=O)O)C(N)c1ccccc1)C2=O. The largest absolute Gasteiger partial charge is 0.481 e. The highest BCUT2D eigenvalue weighted by molar-refractivity contribution is 6.01. The fourth-order valence-electron chi connectivity index (χ4n) is 4.02. The van der Waals surface area contributed by atoms with E-state index in [0.717, 1.165) is 11.1 Å². The van der Waals surface area contributed by atoms with Crippen molar-refractivity contribution in [2.24, 2.45) is 17.6 Å². The van der Waals surface area contributed by atoms with E-state index in [1.807, 2.05) is 36.4 Å². The molecule has 3 rings (SSSR count). The number of aryl methyl sites for hydroxylation is 1. The van der Waals surface area contributed by atoms with Crippen LogP contribution in [0.25, 0.3) is 0 Å². The van der Waals surface area contributed by atoms with Crippen LogP contribution in [0, 0.1) is 11.8 Å². The van der Waals surface area contributed by atoms with Gasteiger partial charge in [0.15, 0.2) is 5.78 Å². The van der Waals surface area contributed by atoms with Crippen molar-refractivity contribution in [3.05, 3.63) is 65.2 Å². The standard InChI is InChI=1S/C22H24N2O4/c1-13(25)24-16-8-10-17-15(11-16)7-9-18(22(17)28)19(12-20(26)27)21(23)14-5-3-2-4-6-14/h2-6,8,10-11,18-19,21H,7,9,12,23H2,1H3,(H,24,25)(H,26,27)/t18?,19-,21?/m1/s1. The van der Waals surface area contributed by atoms with Crippen LogP contribution in [0.4, 0.5) is 5.69 Å². The van der Waals surface area contributed by atoms with Crippen molar-refractivity contribution >= 4 is 23.3 Å². The molecule has 2 aromatic carbocycles. The molecule has 2 unspecified atom stereocenters. The normalized spacial score (nSPS) is 18.1. The summed E-state index contributed by atoms with van der Waals surface area (Å²) in [4.78, 5) is 35.9. The number of ketones is 1. The first-order valence-electron chi connectivity index (χ1n) is 9.34. The zero-order valence-corrected chi connectivity index (χ0v) is 15.7. The van der Waals surface area contributed by atoms with E-state index in [1.54, 1.807) is 12.1 Å². The highest BCUT2D eigenvalue weighted by Gasteiger charge is 2.38. The number of fused-ring (bicyclic) bond motifs is 1. The van der Waals surface area contributed by atoms with Gasteiger partial charge in [-0.3, -0.25) is 14.4 Å². The molecule has 0 bridgehead atoms. The zero-order valence-electron chi connectivity index (χ0n) is 15.7. The second-order valence-corrected chi connectivity index (χ2v) is 7.26. The number of benzene rings is 2. The molecule has 1 amide bonds. The molecular weight excluding hydrogens is 356 g/mol. The summed E-state index contributed by atoms with van der Waals surface area (Å²) in [5.74, 6) is -2.15. The van der Waals surface area contributed by atoms with Crippen LogP contribution in [-0.2, 0) is 16.0 Å². The lowest BCUT2D eigenvalue weighted by Crippen LogP contribution is -2.37. The van der Waals surface area contributed by atoms with Crippen molar-refractivity contribution in [3.8, 4) is 0 Å². The molecule has 0 saturated carbocycles. The number of rotatable bonds is 6. The van der Waals surface area contributed by atoms with Gasteiger partial charge in [0.05, 0.1) is 6.42 Å². The summed E-state index contributed by atoms with van der Waals surface area (Å²) in [6.45, 7) is 1.43. The Labute approximate surface area is 163 Å². The average Bonchev–Trinajstić information content (AvgIpc) is 2.66. The monoisotopic (exact) mass is 380 g/mol. The number of hydrogen-bond acceptors (Lipinski definition) is 4. The number of carbonyl (C=O) groups excluding carboxylic acids is 2. The number of anilines is 1. The van der Waals surface area contributed by atoms with E-state index in [0.29, 0.717) is 24.1 Å². The Balaban J connectivity index is 1.89. The first kappa shape index (κ1) is 19.8. The fourth-order valence-corrected chi connectivity index (χ4v) is 4.02. The average molecular weight is 380 g/mol. The maximum Gasteiger partial charge on any atom is 0.303 e. The Bertz CT molecular complexity index is 895. The summed E-state index contributed by atoms with van der Waals surface area (Å²) < 4.78 is 0. The predicted octanol–water partition coefficient (Wildman–Crippen LogP) is 3.18. The molecule has 6 heteroatoms. The molecule has 6 nitrogen and oxygen atoms in total. The zero-order chi connectivity index (χ0) is 20.3. The van der Waals surface area contributed by atoms with Crippen LogP contribution < -0.4 is 11.1 Å². The molecular formula is C22H24N2O4. The van der Waals surface area contributed by atoms with Gasteiger partial charge in [-0.2, -0.15) is 0 Å². The third-order valence-corrected chi connectivity index (χ3v) is 5.33. The van der Waals surface area contributed by atoms with Gasteiger partial charge in [-0.25, -0.2) is 0 Å². The van der Waals surface area contributed by atoms with Crippen molar-refractivity contribution in [2.75, 3.05) is 5.32 Å². The topological polar surface area (TPSA) is 109 Å². The van der Waals surface area contributed by atoms with Gasteiger partial charge < -0.3 is 16.2 Å². The summed E-state index contributed by atoms with van der Waals surface area (Å²) in [6.07, 6.45) is 1.01. The van der Waals surface area contributed by atoms with Crippen molar-refractivity contribution in [1.29, 1.82) is 0 Å². The van der Waals surface area contributed by atoms with E-state index in [9.17, 15) is 19.5 Å². The Hall–Kier alpha value is -2.99. The first-order valence-corrected chi connectivity index (χ1v) is 9.34. The number of aliphatic carboxylic acids is 1. The predicted molar refractivity (Wildman–Crippen MR) is 106 cm³/mol. The Morgan fingerprint density at radius 1 is 1.21 bits per heavy atom. The van der Waals surface area contributed by atoms with Crippen LogP contribution in [-0.4, -0.2) is 22.8 Å². The lowest BCUT2D eigenvalue weighted by atomic mass is 9.71. The van der Waals surface area contributed by atoms with Gasteiger partial charge in [0.1, 0.15) is 0 Å². The molecule has 2 aromatic rings. The van der Waals surface area contributed by atoms with Gasteiger partial charge >= 0.3 is 5.97 Å². The summed E-state index contributed by atoms with van der Waals surface area (Å²) in [5.41, 5.74) is 9.35. The minimum atomic E-state index is -0.962. The van der Waals surface area contributed by atoms with Crippen molar-refractivity contribution in [3.63, 3.8) is 0 Å². The lowest BCUT2D eigenvalue weighted by molar-refractivity contribution is -0.138. The molecule has 3 atom stereocenters. The van der Waals surface area contributed by atoms with Crippen LogP contribution in [0.5, 0.6) is 0 Å². The van der Waals surface area contributed by atoms with Crippen molar-refractivity contribution in [1.82, 2.24) is 0 Å². The maximum absolute atomic E-state index is 13.2. The molecule has 28 heavy (non-hydrogen) atoms. The fraction of sp³-hybridized carbons (Fsp3) is 0.318. The summed E-state index contributed by atoms with van der Waals surface area (Å²) in [5, 5.41) is 12.1. The molecule has 0 aromatic heterocycles. The number of amides is 1. The van der Waals surface area contributed by atoms with Gasteiger partial charge in [0.2, 0.25) is 5.91 Å². The van der Waals surface area contributed by atoms with Gasteiger partial charge in [-0.1, -0.05) is 30.3 Å². The molecule has 1 aliphatic carbocycles. The molecule has 4 N–H and O–H groups in total. The highest BCUT2D eigenvalue weighted by Crippen LogP contribution is 2.38. The number of carbonyl (C=O) groups is 3. The van der Waals surface area contributed by atoms with Crippen molar-refractivity contribution in [2.45, 2.75) is 32.2 Å². The van der Waals surface area contributed by atoms with Gasteiger partial charge in [0.25, 0.3) is 0 Å². The Morgan fingerprint density at radius 2 is 1.93 bits per heavy atom. The highest BCUT2D eigenvalue weighted by atomic mass is 16.4. The third kappa shape index (κ3) is 4.28. The summed E-state index contributed by atoms with van der Waals surface area (Å²) in [7, 11) is 0. The minimum Gasteiger partial charge on any atom is -0.481 e. The van der Waals surface area contributed by atoms with E-state index in [-0.39, 0.29) is 18.1 Å². The number of carboxylic acid groups (broad SMARTS) is 1. The number of hydrogen-bond donors (Lipinski definition) is 3. The minimum absolute atomic E-state index is 0.0757. The smallest absolute Gasteiger partial charge is 0.303 e. The van der Waals surface area contributed by atoms with Crippen LogP contribution in [0.2, 0.25) is 0 Å². The molecule has 0 aliphatic heterocycles. The Kier molecular flexibility index (Phi) is 5.90. The maximum atomic E-state index is 13.2. The van der Waals surface area contributed by atoms with Crippen LogP contribution in [0.15, 0.2) is 48.5 Å². The number of nitrogens with two attached hydrogens (primary N) is 1. The van der Waals surface area contributed by atoms with Gasteiger partial charge in [-0.05, 0) is 48.1 Å². The third-order valence-electron chi connectivity index (χ3n) is 5.33. The van der Waals surface area contributed by atoms with Crippen LogP contribution in [0.3, 0.4) is 0 Å². The second kappa shape index (κ2) is 8.35. The molecule has 1 aliphatic rings. The molecule has 0 radical (unpaired) electrons. The first-order chi connectivity index (χ1) is 13.4. The molecule has 0 heterocycles.